The van der Waals surface area contributed by atoms with Crippen LogP contribution in [0.4, 0.5) is 0 Å². The van der Waals surface area contributed by atoms with E-state index in [1.807, 2.05) is 37.8 Å². The molecule has 33 heavy (non-hydrogen) atoms. The maximum atomic E-state index is 12.3. The van der Waals surface area contributed by atoms with E-state index >= 15 is 0 Å². The first kappa shape index (κ1) is 25.1. The van der Waals surface area contributed by atoms with Gasteiger partial charge in [0.2, 0.25) is 16.8 Å². The maximum absolute atomic E-state index is 12.3. The molecule has 0 radical (unpaired) electrons. The van der Waals surface area contributed by atoms with E-state index in [1.165, 1.54) is 18.1 Å². The van der Waals surface area contributed by atoms with Crippen LogP contribution in [0, 0.1) is 12.8 Å². The first-order valence-electron chi connectivity index (χ1n) is 10.6. The Balaban J connectivity index is 1.73. The topological polar surface area (TPSA) is 131 Å². The molecular weight excluding hydrogens is 464 g/mol. The summed E-state index contributed by atoms with van der Waals surface area (Å²) >= 11 is 1.48. The van der Waals surface area contributed by atoms with Gasteiger partial charge in [0.05, 0.1) is 5.75 Å². The predicted octanol–water partition coefficient (Wildman–Crippen LogP) is 2.31. The van der Waals surface area contributed by atoms with Crippen LogP contribution in [0.2, 0.25) is 0 Å². The van der Waals surface area contributed by atoms with E-state index in [9.17, 15) is 8.42 Å². The van der Waals surface area contributed by atoms with Crippen LogP contribution in [-0.4, -0.2) is 62.8 Å². The highest BCUT2D eigenvalue weighted by Gasteiger charge is 2.26. The Morgan fingerprint density at radius 2 is 2.12 bits per heavy atom. The van der Waals surface area contributed by atoms with Gasteiger partial charge in [0.25, 0.3) is 0 Å². The summed E-state index contributed by atoms with van der Waals surface area (Å²) in [5.74, 6) is 2.48. The minimum absolute atomic E-state index is 0.0121. The van der Waals surface area contributed by atoms with E-state index in [-0.39, 0.29) is 24.3 Å². The molecule has 2 aliphatic heterocycles. The van der Waals surface area contributed by atoms with Crippen molar-refractivity contribution in [2.75, 3.05) is 32.2 Å². The summed E-state index contributed by atoms with van der Waals surface area (Å²) in [4.78, 5) is 15.8. The quantitative estimate of drug-likeness (QED) is 0.377. The molecular formula is C21H30N6O4S2. The van der Waals surface area contributed by atoms with Crippen LogP contribution < -0.4 is 19.9 Å². The molecule has 12 heteroatoms. The van der Waals surface area contributed by atoms with Gasteiger partial charge in [0, 0.05) is 18.0 Å². The van der Waals surface area contributed by atoms with Crippen LogP contribution >= 0.6 is 11.8 Å². The average molecular weight is 495 g/mol. The number of benzene rings is 1. The number of ether oxygens (including phenoxy) is 2. The van der Waals surface area contributed by atoms with E-state index in [2.05, 4.69) is 26.3 Å². The first-order valence-corrected chi connectivity index (χ1v) is 13.0. The zero-order valence-corrected chi connectivity index (χ0v) is 20.7. The van der Waals surface area contributed by atoms with Gasteiger partial charge >= 0.3 is 0 Å². The normalized spacial score (nSPS) is 16.9. The standard InChI is InChI=1S/C21H30N6O4S2/c1-14(2)10-26-33(28,29)7-5-6-27-20(25-12-24-16(4)22)11-23-21(27)32-19-9-18-17(8-15(19)3)30-13-31-18/h8-9,12,14,26H,4-7,10-11,13,22H2,1-3H3. The Hall–Kier alpha value is -2.57. The Labute approximate surface area is 199 Å². The average Bonchev–Trinajstić information content (AvgIpc) is 3.33. The van der Waals surface area contributed by atoms with Gasteiger partial charge in [0.15, 0.2) is 16.7 Å². The fraction of sp³-hybridized carbons (Fsp3) is 0.476. The van der Waals surface area contributed by atoms with Crippen molar-refractivity contribution < 1.29 is 17.9 Å². The number of aliphatic imine (C=N–C) groups is 3. The van der Waals surface area contributed by atoms with Crippen molar-refractivity contribution in [1.82, 2.24) is 9.62 Å². The van der Waals surface area contributed by atoms with Gasteiger partial charge < -0.3 is 20.1 Å². The number of hydrogen-bond acceptors (Lipinski definition) is 8. The predicted molar refractivity (Wildman–Crippen MR) is 133 cm³/mol. The van der Waals surface area contributed by atoms with Crippen LogP contribution in [0.1, 0.15) is 25.8 Å². The van der Waals surface area contributed by atoms with Crippen LogP contribution in [-0.2, 0) is 10.0 Å². The van der Waals surface area contributed by atoms with Gasteiger partial charge in [-0.2, -0.15) is 0 Å². The van der Waals surface area contributed by atoms with E-state index in [4.69, 9.17) is 15.2 Å². The van der Waals surface area contributed by atoms with Crippen molar-refractivity contribution in [1.29, 1.82) is 0 Å². The van der Waals surface area contributed by atoms with Gasteiger partial charge in [-0.3, -0.25) is 4.99 Å². The smallest absolute Gasteiger partial charge is 0.231 e. The zero-order valence-electron chi connectivity index (χ0n) is 19.1. The molecule has 180 valence electrons. The second kappa shape index (κ2) is 11.0. The number of nitrogens with zero attached hydrogens (tertiary/aromatic N) is 4. The van der Waals surface area contributed by atoms with Gasteiger partial charge in [-0.15, -0.1) is 0 Å². The molecule has 0 spiro atoms. The molecule has 0 saturated carbocycles. The number of nitrogens with two attached hydrogens (primary N) is 1. The summed E-state index contributed by atoms with van der Waals surface area (Å²) in [6, 6.07) is 3.87. The number of rotatable bonds is 10. The van der Waals surface area contributed by atoms with Gasteiger partial charge in [-0.05, 0) is 37.0 Å². The lowest BCUT2D eigenvalue weighted by molar-refractivity contribution is 0.174. The van der Waals surface area contributed by atoms with Crippen molar-refractivity contribution in [3.8, 4) is 11.5 Å². The number of amidine groups is 2. The number of sulfonamides is 1. The molecule has 0 saturated heterocycles. The van der Waals surface area contributed by atoms with E-state index in [1.54, 1.807) is 0 Å². The van der Waals surface area contributed by atoms with Crippen molar-refractivity contribution in [3.05, 3.63) is 30.1 Å². The fourth-order valence-electron chi connectivity index (χ4n) is 3.02. The van der Waals surface area contributed by atoms with Gasteiger partial charge in [0.1, 0.15) is 24.5 Å². The number of nitrogens with one attached hydrogen (secondary N) is 1. The van der Waals surface area contributed by atoms with Gasteiger partial charge in [-0.1, -0.05) is 32.2 Å². The Bertz CT molecular complexity index is 1080. The first-order chi connectivity index (χ1) is 15.6. The minimum atomic E-state index is -3.35. The van der Waals surface area contributed by atoms with E-state index in [0.29, 0.717) is 37.6 Å². The van der Waals surface area contributed by atoms with E-state index in [0.717, 1.165) is 21.4 Å². The van der Waals surface area contributed by atoms with Crippen molar-refractivity contribution >= 4 is 39.1 Å². The molecule has 2 heterocycles. The Morgan fingerprint density at radius 1 is 1.39 bits per heavy atom. The zero-order chi connectivity index (χ0) is 24.0. The molecule has 0 bridgehead atoms. The minimum Gasteiger partial charge on any atom is -0.454 e. The summed E-state index contributed by atoms with van der Waals surface area (Å²) < 4.78 is 38.2. The third-order valence-corrected chi connectivity index (χ3v) is 7.33. The molecule has 3 rings (SSSR count). The summed E-state index contributed by atoms with van der Waals surface area (Å²) in [5, 5.41) is 0.725. The van der Waals surface area contributed by atoms with Crippen LogP contribution in [0.15, 0.2) is 44.4 Å². The highest BCUT2D eigenvalue weighted by atomic mass is 32.2. The van der Waals surface area contributed by atoms with Crippen molar-refractivity contribution in [2.45, 2.75) is 32.1 Å². The lowest BCUT2D eigenvalue weighted by Gasteiger charge is -2.21. The molecule has 0 fully saturated rings. The number of aryl methyl sites for hydroxylation is 1. The molecule has 0 aromatic heterocycles. The monoisotopic (exact) mass is 494 g/mol. The second-order valence-electron chi connectivity index (χ2n) is 8.02. The molecule has 10 nitrogen and oxygen atoms in total. The molecule has 0 amide bonds. The summed E-state index contributed by atoms with van der Waals surface area (Å²) in [7, 11) is -3.35. The van der Waals surface area contributed by atoms with Crippen molar-refractivity contribution in [2.24, 2.45) is 26.6 Å². The second-order valence-corrected chi connectivity index (χ2v) is 11.0. The summed E-state index contributed by atoms with van der Waals surface area (Å²) in [6.45, 7) is 10.9. The number of thioether (sulfide) groups is 1. The molecule has 3 N–H and O–H groups in total. The molecule has 1 aromatic carbocycles. The summed E-state index contributed by atoms with van der Waals surface area (Å²) in [6.07, 6.45) is 1.74. The molecule has 0 unspecified atom stereocenters. The number of hydrogen-bond donors (Lipinski definition) is 2. The molecule has 2 aliphatic rings. The third-order valence-electron chi connectivity index (χ3n) is 4.71. The lowest BCUT2D eigenvalue weighted by Crippen LogP contribution is -2.35. The molecule has 0 atom stereocenters. The number of fused-ring (bicyclic) bond motifs is 1. The summed E-state index contributed by atoms with van der Waals surface area (Å²) in [5.41, 5.74) is 6.50. The SMILES string of the molecule is C=C(N)N=CN=C1CN=C(Sc2cc3c(cc2C)OCO3)N1CCCS(=O)(=O)NCC(C)C. The molecule has 0 aliphatic carbocycles. The van der Waals surface area contributed by atoms with E-state index < -0.39 is 10.0 Å². The third kappa shape index (κ3) is 7.21. The Kier molecular flexibility index (Phi) is 8.38. The fourth-order valence-corrected chi connectivity index (χ4v) is 5.28. The highest BCUT2D eigenvalue weighted by molar-refractivity contribution is 8.14. The van der Waals surface area contributed by atoms with Crippen molar-refractivity contribution in [3.63, 3.8) is 0 Å². The largest absolute Gasteiger partial charge is 0.454 e. The van der Waals surface area contributed by atoms with Crippen LogP contribution in [0.3, 0.4) is 0 Å². The van der Waals surface area contributed by atoms with Crippen LogP contribution in [0.5, 0.6) is 11.5 Å². The maximum Gasteiger partial charge on any atom is 0.231 e. The highest BCUT2D eigenvalue weighted by Crippen LogP contribution is 2.39. The van der Waals surface area contributed by atoms with Gasteiger partial charge in [-0.25, -0.2) is 23.1 Å². The molecule has 1 aromatic rings. The van der Waals surface area contributed by atoms with Crippen LogP contribution in [0.25, 0.3) is 0 Å². The lowest BCUT2D eigenvalue weighted by atomic mass is 10.2. The Morgan fingerprint density at radius 3 is 2.82 bits per heavy atom.